The van der Waals surface area contributed by atoms with Crippen LogP contribution in [-0.2, 0) is 11.3 Å². The van der Waals surface area contributed by atoms with E-state index in [0.29, 0.717) is 28.0 Å². The minimum atomic E-state index is -1.59. The molecule has 2 aromatic carbocycles. The molecule has 1 fully saturated rings. The predicted molar refractivity (Wildman–Crippen MR) is 124 cm³/mol. The van der Waals surface area contributed by atoms with E-state index in [0.717, 1.165) is 4.85 Å². The van der Waals surface area contributed by atoms with Crippen LogP contribution < -0.4 is 4.84 Å². The summed E-state index contributed by atoms with van der Waals surface area (Å²) in [5.74, 6) is -0.111. The number of aromatic nitrogens is 4. The first-order valence-corrected chi connectivity index (χ1v) is 11.1. The van der Waals surface area contributed by atoms with E-state index in [2.05, 4.69) is 20.5 Å². The predicted octanol–water partition coefficient (Wildman–Crippen LogP) is 0.631. The first-order chi connectivity index (χ1) is 17.5. The summed E-state index contributed by atoms with van der Waals surface area (Å²) in [7, 11) is 0. The van der Waals surface area contributed by atoms with Gasteiger partial charge in [-0.3, -0.25) is 0 Å². The number of benzene rings is 2. The van der Waals surface area contributed by atoms with Gasteiger partial charge in [0.2, 0.25) is 5.88 Å². The molecule has 0 spiro atoms. The summed E-state index contributed by atoms with van der Waals surface area (Å²) < 4.78 is 6.91. The second-order valence-corrected chi connectivity index (χ2v) is 8.23. The molecule has 5 atom stereocenters. The Morgan fingerprint density at radius 3 is 2.47 bits per heavy atom. The van der Waals surface area contributed by atoms with Gasteiger partial charge in [0, 0.05) is 5.39 Å². The van der Waals surface area contributed by atoms with E-state index >= 15 is 0 Å². The van der Waals surface area contributed by atoms with E-state index in [9.17, 15) is 25.5 Å². The number of ether oxygens (including phenoxy) is 1. The molecule has 3 heterocycles. The van der Waals surface area contributed by atoms with Gasteiger partial charge in [-0.2, -0.15) is 5.11 Å². The summed E-state index contributed by atoms with van der Waals surface area (Å²) in [5.41, 5.74) is 2.03. The molecule has 0 saturated carbocycles. The number of hydrogen-bond donors (Lipinski definition) is 5. The molecule has 36 heavy (non-hydrogen) atoms. The van der Waals surface area contributed by atoms with Gasteiger partial charge in [-0.25, -0.2) is 0 Å². The summed E-state index contributed by atoms with van der Waals surface area (Å²) in [6, 6.07) is 16.5. The van der Waals surface area contributed by atoms with Gasteiger partial charge in [-0.15, -0.1) is 10.2 Å². The highest BCUT2D eigenvalue weighted by atomic mass is 16.8. The van der Waals surface area contributed by atoms with Crippen molar-refractivity contribution in [2.45, 2.75) is 37.3 Å². The van der Waals surface area contributed by atoms with Crippen molar-refractivity contribution in [1.29, 1.82) is 0 Å². The molecule has 1 aliphatic heterocycles. The highest BCUT2D eigenvalue weighted by Crippen LogP contribution is 2.39. The highest BCUT2D eigenvalue weighted by Gasteiger charge is 2.45. The lowest BCUT2D eigenvalue weighted by Gasteiger charge is -2.38. The fourth-order valence-electron chi connectivity index (χ4n) is 3.96. The molecule has 0 aliphatic carbocycles. The van der Waals surface area contributed by atoms with Gasteiger partial charge in [0.1, 0.15) is 30.1 Å². The van der Waals surface area contributed by atoms with Crippen molar-refractivity contribution >= 4 is 22.3 Å². The molecule has 188 valence electrons. The fourth-order valence-corrected chi connectivity index (χ4v) is 3.96. The van der Waals surface area contributed by atoms with Crippen molar-refractivity contribution in [3.05, 3.63) is 66.5 Å². The molecule has 4 aromatic rings. The summed E-state index contributed by atoms with van der Waals surface area (Å²) in [6.45, 7) is -0.484. The zero-order valence-corrected chi connectivity index (χ0v) is 18.8. The van der Waals surface area contributed by atoms with Gasteiger partial charge in [0.15, 0.2) is 5.69 Å². The molecule has 5 N–H and O–H groups in total. The van der Waals surface area contributed by atoms with Crippen molar-refractivity contribution in [3.8, 4) is 5.88 Å². The van der Waals surface area contributed by atoms with Crippen LogP contribution >= 0.6 is 0 Å². The normalized spacial score (nSPS) is 24.5. The van der Waals surface area contributed by atoms with E-state index in [-0.39, 0.29) is 12.4 Å². The Kier molecular flexibility index (Phi) is 6.63. The Labute approximate surface area is 204 Å². The number of para-hydroxylation sites is 1. The minimum absolute atomic E-state index is 0.102. The maximum Gasteiger partial charge on any atom is 0.256 e. The number of nitrogens with zero attached hydrogens (tertiary/aromatic N) is 6. The Bertz CT molecular complexity index is 1360. The van der Waals surface area contributed by atoms with Crippen LogP contribution in [0.25, 0.3) is 10.9 Å². The molecule has 13 heteroatoms. The number of rotatable bonds is 7. The molecular formula is C23H24N6O7. The van der Waals surface area contributed by atoms with Crippen LogP contribution in [0.2, 0.25) is 0 Å². The minimum Gasteiger partial charge on any atom is -0.493 e. The van der Waals surface area contributed by atoms with Crippen molar-refractivity contribution in [2.75, 3.05) is 6.61 Å². The van der Waals surface area contributed by atoms with Gasteiger partial charge in [-0.1, -0.05) is 41.2 Å². The van der Waals surface area contributed by atoms with Gasteiger partial charge < -0.3 is 39.7 Å². The van der Waals surface area contributed by atoms with Crippen LogP contribution in [0.4, 0.5) is 11.4 Å². The van der Waals surface area contributed by atoms with E-state index in [1.807, 2.05) is 42.5 Å². The van der Waals surface area contributed by atoms with E-state index < -0.39 is 37.3 Å². The van der Waals surface area contributed by atoms with E-state index in [4.69, 9.17) is 9.57 Å². The lowest BCUT2D eigenvalue weighted by atomic mass is 9.99. The zero-order valence-electron chi connectivity index (χ0n) is 18.8. The van der Waals surface area contributed by atoms with E-state index in [1.54, 1.807) is 16.7 Å². The second-order valence-electron chi connectivity index (χ2n) is 8.23. The fraction of sp³-hybridized carbons (Fsp3) is 0.304. The number of aliphatic hydroxyl groups excluding tert-OH is 4. The van der Waals surface area contributed by atoms with Crippen molar-refractivity contribution in [3.63, 3.8) is 0 Å². The number of azo groups is 1. The third-order valence-electron chi connectivity index (χ3n) is 5.84. The average Bonchev–Trinajstić information content (AvgIpc) is 3.45. The summed E-state index contributed by atoms with van der Waals surface area (Å²) >= 11 is 0. The quantitative estimate of drug-likeness (QED) is 0.229. The monoisotopic (exact) mass is 496 g/mol. The molecule has 13 nitrogen and oxygen atoms in total. The summed E-state index contributed by atoms with van der Waals surface area (Å²) in [4.78, 5) is 6.36. The molecule has 0 amide bonds. The van der Waals surface area contributed by atoms with Crippen LogP contribution in [0.15, 0.2) is 71.0 Å². The first-order valence-electron chi connectivity index (χ1n) is 11.1. The van der Waals surface area contributed by atoms with Crippen LogP contribution in [0.5, 0.6) is 5.88 Å². The highest BCUT2D eigenvalue weighted by molar-refractivity contribution is 5.95. The lowest BCUT2D eigenvalue weighted by Crippen LogP contribution is -2.61. The Morgan fingerprint density at radius 1 is 0.944 bits per heavy atom. The molecule has 5 rings (SSSR count). The van der Waals surface area contributed by atoms with Gasteiger partial charge in [0.25, 0.3) is 6.29 Å². The maximum absolute atomic E-state index is 11.0. The Hall–Kier alpha value is -3.88. The van der Waals surface area contributed by atoms with Crippen LogP contribution in [0, 0.1) is 0 Å². The molecule has 0 unspecified atom stereocenters. The Balaban J connectivity index is 1.37. The largest absolute Gasteiger partial charge is 0.493 e. The topological polar surface area (TPSA) is 180 Å². The lowest BCUT2D eigenvalue weighted by molar-refractivity contribution is -0.303. The molecule has 0 bridgehead atoms. The smallest absolute Gasteiger partial charge is 0.256 e. The van der Waals surface area contributed by atoms with Crippen LogP contribution in [-0.4, -0.2) is 82.6 Å². The van der Waals surface area contributed by atoms with Crippen LogP contribution in [0.3, 0.4) is 0 Å². The number of fused-ring (bicyclic) bond motifs is 1. The van der Waals surface area contributed by atoms with Crippen molar-refractivity contribution in [1.82, 2.24) is 19.7 Å². The van der Waals surface area contributed by atoms with Gasteiger partial charge >= 0.3 is 0 Å². The third kappa shape index (κ3) is 4.53. The average molecular weight is 496 g/mol. The SMILES string of the molecule is OC[C@H]1O[C@@H](On2cc(Cn3c(O)c(N=Nc4ccccc4)c4ccccc43)nn2)[C@H](O)[C@@H](O)[C@@H]1O. The van der Waals surface area contributed by atoms with E-state index in [1.165, 1.54) is 6.20 Å². The summed E-state index contributed by atoms with van der Waals surface area (Å²) in [6.07, 6.45) is -5.82. The Morgan fingerprint density at radius 2 is 1.69 bits per heavy atom. The second kappa shape index (κ2) is 10.0. The first kappa shape index (κ1) is 23.8. The third-order valence-corrected chi connectivity index (χ3v) is 5.84. The maximum atomic E-state index is 11.0. The number of aliphatic hydroxyl groups is 4. The number of aromatic hydroxyl groups is 1. The zero-order chi connectivity index (χ0) is 25.2. The summed E-state index contributed by atoms with van der Waals surface area (Å²) in [5, 5.41) is 67.3. The number of hydrogen-bond acceptors (Lipinski definition) is 11. The van der Waals surface area contributed by atoms with Crippen molar-refractivity contribution in [2.24, 2.45) is 10.2 Å². The molecule has 1 aliphatic rings. The van der Waals surface area contributed by atoms with Crippen LogP contribution in [0.1, 0.15) is 5.69 Å². The molecule has 0 radical (unpaired) electrons. The molecular weight excluding hydrogens is 472 g/mol. The molecule has 1 saturated heterocycles. The van der Waals surface area contributed by atoms with Gasteiger partial charge in [0.05, 0.1) is 30.6 Å². The standard InChI is InChI=1S/C23H24N6O7/c30-12-17-19(31)20(32)21(33)23(35-17)36-29-11-14(25-27-29)10-28-16-9-5-4-8-15(16)18(22(28)34)26-24-13-6-2-1-3-7-13/h1-9,11,17,19-21,23,30-34H,10,12H2/t17-,19-,20+,21-,23+/m1/s1. The van der Waals surface area contributed by atoms with Crippen molar-refractivity contribution < 1.29 is 35.1 Å². The van der Waals surface area contributed by atoms with Gasteiger partial charge in [-0.05, 0) is 23.4 Å². The molecule has 2 aromatic heterocycles.